The van der Waals surface area contributed by atoms with Crippen LogP contribution in [0, 0.1) is 5.92 Å². The van der Waals surface area contributed by atoms with Crippen molar-refractivity contribution in [3.8, 4) is 0 Å². The fraction of sp³-hybridized carbons (Fsp3) is 0.308. The van der Waals surface area contributed by atoms with Gasteiger partial charge in [-0.1, -0.05) is 30.3 Å². The van der Waals surface area contributed by atoms with Gasteiger partial charge >= 0.3 is 0 Å². The zero-order chi connectivity index (χ0) is 11.5. The Labute approximate surface area is 93.5 Å². The number of carbonyl (C=O) groups excluding carboxylic acids is 3. The van der Waals surface area contributed by atoms with Crippen LogP contribution in [-0.2, 0) is 14.4 Å². The molecule has 0 heterocycles. The first-order valence-electron chi connectivity index (χ1n) is 5.28. The first-order chi connectivity index (χ1) is 7.72. The second kappa shape index (κ2) is 4.39. The van der Waals surface area contributed by atoms with Gasteiger partial charge in [0.25, 0.3) is 0 Å². The summed E-state index contributed by atoms with van der Waals surface area (Å²) in [7, 11) is 0. The van der Waals surface area contributed by atoms with Gasteiger partial charge in [-0.05, 0) is 11.5 Å². The second-order valence-corrected chi connectivity index (χ2v) is 4.06. The van der Waals surface area contributed by atoms with Gasteiger partial charge in [-0.2, -0.15) is 0 Å². The number of hydrogen-bond donors (Lipinski definition) is 0. The van der Waals surface area contributed by atoms with Gasteiger partial charge in [0.15, 0.2) is 11.6 Å². The number of hydrogen-bond acceptors (Lipinski definition) is 3. The number of rotatable bonds is 2. The van der Waals surface area contributed by atoms with Gasteiger partial charge in [-0.25, -0.2) is 0 Å². The Balaban J connectivity index is 2.20. The highest BCUT2D eigenvalue weighted by Crippen LogP contribution is 2.30. The van der Waals surface area contributed by atoms with Gasteiger partial charge in [0, 0.05) is 12.8 Å². The van der Waals surface area contributed by atoms with Crippen LogP contribution in [0.5, 0.6) is 0 Å². The quantitative estimate of drug-likeness (QED) is 0.556. The first kappa shape index (κ1) is 10.7. The predicted octanol–water partition coefficient (Wildman–Crippen LogP) is 1.52. The molecule has 0 N–H and O–H groups in total. The molecule has 0 radical (unpaired) electrons. The lowest BCUT2D eigenvalue weighted by molar-refractivity contribution is -0.138. The van der Waals surface area contributed by atoms with Crippen molar-refractivity contribution in [1.82, 2.24) is 0 Å². The Morgan fingerprint density at radius 1 is 1.00 bits per heavy atom. The summed E-state index contributed by atoms with van der Waals surface area (Å²) >= 11 is 0. The molecule has 0 aromatic heterocycles. The molecule has 0 unspecified atom stereocenters. The van der Waals surface area contributed by atoms with Gasteiger partial charge in [-0.3, -0.25) is 9.59 Å². The van der Waals surface area contributed by atoms with Crippen LogP contribution >= 0.6 is 0 Å². The molecule has 1 aliphatic rings. The zero-order valence-corrected chi connectivity index (χ0v) is 8.76. The van der Waals surface area contributed by atoms with Gasteiger partial charge in [0.1, 0.15) is 12.2 Å². The third-order valence-electron chi connectivity index (χ3n) is 3.00. The average molecular weight is 216 g/mol. The van der Waals surface area contributed by atoms with Gasteiger partial charge in [0.05, 0.1) is 0 Å². The van der Waals surface area contributed by atoms with Crippen molar-refractivity contribution in [3.05, 3.63) is 35.9 Å². The fourth-order valence-corrected chi connectivity index (χ4v) is 2.10. The van der Waals surface area contributed by atoms with Crippen molar-refractivity contribution in [2.45, 2.75) is 18.8 Å². The van der Waals surface area contributed by atoms with E-state index in [1.165, 1.54) is 0 Å². The lowest BCUT2D eigenvalue weighted by Gasteiger charge is -2.23. The molecule has 0 aliphatic heterocycles. The Morgan fingerprint density at radius 3 is 2.06 bits per heavy atom. The van der Waals surface area contributed by atoms with Crippen LogP contribution in [0.4, 0.5) is 0 Å². The molecular formula is C13H12O3. The minimum absolute atomic E-state index is 0.0580. The molecule has 0 bridgehead atoms. The van der Waals surface area contributed by atoms with Gasteiger partial charge in [0.2, 0.25) is 0 Å². The lowest BCUT2D eigenvalue weighted by Crippen LogP contribution is -2.33. The average Bonchev–Trinajstić information content (AvgIpc) is 2.30. The van der Waals surface area contributed by atoms with Crippen LogP contribution < -0.4 is 0 Å². The zero-order valence-electron chi connectivity index (χ0n) is 8.76. The van der Waals surface area contributed by atoms with E-state index in [9.17, 15) is 14.4 Å². The summed E-state index contributed by atoms with van der Waals surface area (Å²) in [6.45, 7) is 0. The van der Waals surface area contributed by atoms with E-state index in [0.717, 1.165) is 5.56 Å². The molecule has 1 aliphatic carbocycles. The molecule has 1 saturated carbocycles. The highest BCUT2D eigenvalue weighted by atomic mass is 16.2. The van der Waals surface area contributed by atoms with E-state index in [0.29, 0.717) is 19.1 Å². The Hall–Kier alpha value is -1.77. The molecule has 0 amide bonds. The van der Waals surface area contributed by atoms with Crippen LogP contribution in [0.1, 0.15) is 24.3 Å². The third-order valence-corrected chi connectivity index (χ3v) is 3.00. The SMILES string of the molecule is O=CC1C(=O)CC(c2ccccc2)CC1=O. The summed E-state index contributed by atoms with van der Waals surface area (Å²) in [5.74, 6) is -1.57. The molecule has 0 spiro atoms. The monoisotopic (exact) mass is 216 g/mol. The minimum Gasteiger partial charge on any atom is -0.302 e. The molecule has 0 saturated heterocycles. The number of benzene rings is 1. The van der Waals surface area contributed by atoms with Crippen LogP contribution in [0.15, 0.2) is 30.3 Å². The molecule has 1 aromatic carbocycles. The van der Waals surface area contributed by atoms with Crippen molar-refractivity contribution in [3.63, 3.8) is 0 Å². The molecule has 2 rings (SSSR count). The van der Waals surface area contributed by atoms with Crippen molar-refractivity contribution in [1.29, 1.82) is 0 Å². The Morgan fingerprint density at radius 2 is 1.56 bits per heavy atom. The maximum Gasteiger partial charge on any atom is 0.151 e. The minimum atomic E-state index is -1.01. The summed E-state index contributed by atoms with van der Waals surface area (Å²) in [6.07, 6.45) is 1.05. The van der Waals surface area contributed by atoms with Crippen molar-refractivity contribution in [2.24, 2.45) is 5.92 Å². The van der Waals surface area contributed by atoms with E-state index in [-0.39, 0.29) is 17.5 Å². The molecule has 82 valence electrons. The smallest absolute Gasteiger partial charge is 0.151 e. The van der Waals surface area contributed by atoms with E-state index < -0.39 is 5.92 Å². The number of aldehydes is 1. The first-order valence-corrected chi connectivity index (χ1v) is 5.28. The number of carbonyl (C=O) groups is 3. The Bertz CT molecular complexity index is 404. The molecule has 3 heteroatoms. The van der Waals surface area contributed by atoms with Crippen LogP contribution in [0.3, 0.4) is 0 Å². The standard InChI is InChI=1S/C13H12O3/c14-8-11-12(15)6-10(7-13(11)16)9-4-2-1-3-5-9/h1-5,8,10-11H,6-7H2. The van der Waals surface area contributed by atoms with Crippen LogP contribution in [0.2, 0.25) is 0 Å². The summed E-state index contributed by atoms with van der Waals surface area (Å²) in [5, 5.41) is 0. The Kier molecular flexibility index (Phi) is 2.95. The normalized spacial score (nSPS) is 25.5. The number of Topliss-reactive ketones (excluding diaryl/α,β-unsaturated/α-hetero) is 2. The lowest BCUT2D eigenvalue weighted by atomic mass is 9.77. The molecule has 0 atom stereocenters. The highest BCUT2D eigenvalue weighted by molar-refractivity contribution is 6.15. The third kappa shape index (κ3) is 1.94. The molecule has 1 aromatic rings. The van der Waals surface area contributed by atoms with E-state index in [1.54, 1.807) is 0 Å². The fourth-order valence-electron chi connectivity index (χ4n) is 2.10. The molecule has 1 fully saturated rings. The summed E-state index contributed by atoms with van der Waals surface area (Å²) < 4.78 is 0. The van der Waals surface area contributed by atoms with Crippen molar-refractivity contribution < 1.29 is 14.4 Å². The second-order valence-electron chi connectivity index (χ2n) is 4.06. The molecule has 16 heavy (non-hydrogen) atoms. The van der Waals surface area contributed by atoms with E-state index in [1.807, 2.05) is 30.3 Å². The van der Waals surface area contributed by atoms with Crippen molar-refractivity contribution >= 4 is 17.9 Å². The summed E-state index contributed by atoms with van der Waals surface area (Å²) in [6, 6.07) is 9.48. The molecule has 3 nitrogen and oxygen atoms in total. The van der Waals surface area contributed by atoms with Gasteiger partial charge < -0.3 is 4.79 Å². The van der Waals surface area contributed by atoms with Gasteiger partial charge in [-0.15, -0.1) is 0 Å². The van der Waals surface area contributed by atoms with E-state index >= 15 is 0 Å². The van der Waals surface area contributed by atoms with Crippen LogP contribution in [-0.4, -0.2) is 17.9 Å². The van der Waals surface area contributed by atoms with Crippen molar-refractivity contribution in [2.75, 3.05) is 0 Å². The molecular weight excluding hydrogens is 204 g/mol. The number of ketones is 2. The van der Waals surface area contributed by atoms with E-state index in [2.05, 4.69) is 0 Å². The summed E-state index contributed by atoms with van der Waals surface area (Å²) in [5.41, 5.74) is 0.994. The summed E-state index contributed by atoms with van der Waals surface area (Å²) in [4.78, 5) is 33.7. The topological polar surface area (TPSA) is 51.2 Å². The highest BCUT2D eigenvalue weighted by Gasteiger charge is 2.35. The largest absolute Gasteiger partial charge is 0.302 e. The van der Waals surface area contributed by atoms with Crippen LogP contribution in [0.25, 0.3) is 0 Å². The maximum atomic E-state index is 11.6. The predicted molar refractivity (Wildman–Crippen MR) is 58.0 cm³/mol. The van der Waals surface area contributed by atoms with E-state index in [4.69, 9.17) is 0 Å². The maximum absolute atomic E-state index is 11.6.